The second-order valence-corrected chi connectivity index (χ2v) is 7.24. The average molecular weight is 460 g/mol. The smallest absolute Gasteiger partial charge is 0.417 e. The topological polar surface area (TPSA) is 83.7 Å². The van der Waals surface area contributed by atoms with E-state index in [4.69, 9.17) is 14.4 Å². The fourth-order valence-corrected chi connectivity index (χ4v) is 3.08. The van der Waals surface area contributed by atoms with Gasteiger partial charge in [0.1, 0.15) is 5.76 Å². The number of furan rings is 1. The van der Waals surface area contributed by atoms with Crippen LogP contribution in [0.1, 0.15) is 28.7 Å². The van der Waals surface area contributed by atoms with Gasteiger partial charge in [-0.3, -0.25) is 15.1 Å². The predicted molar refractivity (Wildman–Crippen MR) is 117 cm³/mol. The normalized spacial score (nSPS) is 11.4. The summed E-state index contributed by atoms with van der Waals surface area (Å²) in [6.45, 7) is 4.67. The largest absolute Gasteiger partial charge is 0.481 e. The van der Waals surface area contributed by atoms with Gasteiger partial charge in [-0.05, 0) is 34.9 Å². The summed E-state index contributed by atoms with van der Waals surface area (Å²) in [5, 5.41) is 11.7. The minimum absolute atomic E-state index is 0.0360. The first-order valence-electron chi connectivity index (χ1n) is 10.1. The Morgan fingerprint density at radius 1 is 1.09 bits per heavy atom. The van der Waals surface area contributed by atoms with Gasteiger partial charge < -0.3 is 14.8 Å². The molecule has 0 aliphatic carbocycles. The maximum absolute atomic E-state index is 13.5. The van der Waals surface area contributed by atoms with Gasteiger partial charge in [-0.25, -0.2) is 0 Å². The number of benzene rings is 2. The Bertz CT molecular complexity index is 1080. The highest BCUT2D eigenvalue weighted by molar-refractivity contribution is 5.67. The van der Waals surface area contributed by atoms with Crippen LogP contribution in [-0.2, 0) is 29.0 Å². The van der Waals surface area contributed by atoms with Crippen LogP contribution in [0.4, 0.5) is 13.2 Å². The van der Waals surface area contributed by atoms with Gasteiger partial charge >= 0.3 is 12.1 Å². The lowest BCUT2D eigenvalue weighted by atomic mass is 10.0. The third-order valence-electron chi connectivity index (χ3n) is 4.76. The molecule has 6 nitrogen and oxygen atoms in total. The zero-order chi connectivity index (χ0) is 23.8. The van der Waals surface area contributed by atoms with E-state index in [-0.39, 0.29) is 24.4 Å². The van der Waals surface area contributed by atoms with Crippen LogP contribution >= 0.6 is 0 Å². The SMILES string of the molecule is C=C(NOCc1ccc(-c2ccco2)c(C(F)(F)F)c1)c1ccc(CNCCC(=O)O)cc1. The van der Waals surface area contributed by atoms with Crippen LogP contribution in [0.25, 0.3) is 17.0 Å². The first-order chi connectivity index (χ1) is 15.7. The fourth-order valence-electron chi connectivity index (χ4n) is 3.08. The summed E-state index contributed by atoms with van der Waals surface area (Å²) in [6.07, 6.45) is -3.17. The van der Waals surface area contributed by atoms with Crippen molar-refractivity contribution in [3.8, 4) is 11.3 Å². The van der Waals surface area contributed by atoms with E-state index in [9.17, 15) is 18.0 Å². The number of nitrogens with one attached hydrogen (secondary N) is 2. The van der Waals surface area contributed by atoms with E-state index in [0.29, 0.717) is 24.4 Å². The molecule has 0 saturated heterocycles. The third kappa shape index (κ3) is 6.96. The highest BCUT2D eigenvalue weighted by atomic mass is 19.4. The Morgan fingerprint density at radius 2 is 1.82 bits per heavy atom. The van der Waals surface area contributed by atoms with Crippen LogP contribution in [0, 0.1) is 0 Å². The van der Waals surface area contributed by atoms with Crippen molar-refractivity contribution in [3.63, 3.8) is 0 Å². The predicted octanol–water partition coefficient (Wildman–Crippen LogP) is 5.22. The molecule has 3 N–H and O–H groups in total. The van der Waals surface area contributed by atoms with Crippen molar-refractivity contribution in [3.05, 3.63) is 89.7 Å². The van der Waals surface area contributed by atoms with Gasteiger partial charge in [-0.1, -0.05) is 43.0 Å². The second-order valence-electron chi connectivity index (χ2n) is 7.24. The van der Waals surface area contributed by atoms with Crippen molar-refractivity contribution >= 4 is 11.7 Å². The molecule has 0 bridgehead atoms. The van der Waals surface area contributed by atoms with E-state index in [0.717, 1.165) is 17.2 Å². The molecule has 0 fully saturated rings. The van der Waals surface area contributed by atoms with Crippen molar-refractivity contribution in [2.75, 3.05) is 6.54 Å². The number of aliphatic carboxylic acids is 1. The van der Waals surface area contributed by atoms with Crippen LogP contribution in [-0.4, -0.2) is 17.6 Å². The van der Waals surface area contributed by atoms with E-state index < -0.39 is 17.7 Å². The van der Waals surface area contributed by atoms with Crippen LogP contribution in [0.3, 0.4) is 0 Å². The molecule has 0 aliphatic rings. The molecule has 0 unspecified atom stereocenters. The molecule has 174 valence electrons. The molecule has 0 amide bonds. The molecular weight excluding hydrogens is 437 g/mol. The van der Waals surface area contributed by atoms with Crippen molar-refractivity contribution in [1.29, 1.82) is 0 Å². The third-order valence-corrected chi connectivity index (χ3v) is 4.76. The Hall–Kier alpha value is -3.56. The van der Waals surface area contributed by atoms with E-state index in [2.05, 4.69) is 17.4 Å². The number of carbonyl (C=O) groups is 1. The van der Waals surface area contributed by atoms with Gasteiger partial charge in [0.05, 0.1) is 30.6 Å². The quantitative estimate of drug-likeness (QED) is 0.269. The molecule has 3 rings (SSSR count). The summed E-state index contributed by atoms with van der Waals surface area (Å²) in [5.74, 6) is -0.717. The second kappa shape index (κ2) is 10.8. The maximum atomic E-state index is 13.5. The van der Waals surface area contributed by atoms with Crippen LogP contribution in [0.2, 0.25) is 0 Å². The molecule has 1 heterocycles. The number of hydrogen-bond acceptors (Lipinski definition) is 5. The first-order valence-corrected chi connectivity index (χ1v) is 10.1. The standard InChI is InChI=1S/C24H23F3N2O4/c1-16(19-7-4-17(5-8-19)14-28-11-10-23(30)31)29-33-15-18-6-9-20(22-3-2-12-32-22)21(13-18)24(25,26)27/h2-9,12-13,28-29H,1,10-11,14-15H2,(H,30,31). The van der Waals surface area contributed by atoms with Crippen molar-refractivity contribution in [2.45, 2.75) is 25.7 Å². The van der Waals surface area contributed by atoms with E-state index >= 15 is 0 Å². The minimum Gasteiger partial charge on any atom is -0.481 e. The van der Waals surface area contributed by atoms with Gasteiger partial charge in [-0.15, -0.1) is 0 Å². The van der Waals surface area contributed by atoms with Crippen molar-refractivity contribution in [2.24, 2.45) is 0 Å². The summed E-state index contributed by atoms with van der Waals surface area (Å²) < 4.78 is 45.7. The van der Waals surface area contributed by atoms with E-state index in [1.54, 1.807) is 6.07 Å². The summed E-state index contributed by atoms with van der Waals surface area (Å²) >= 11 is 0. The van der Waals surface area contributed by atoms with Crippen LogP contribution < -0.4 is 10.8 Å². The zero-order valence-corrected chi connectivity index (χ0v) is 17.6. The summed E-state index contributed by atoms with van der Waals surface area (Å²) in [7, 11) is 0. The first kappa shape index (κ1) is 24.1. The highest BCUT2D eigenvalue weighted by Gasteiger charge is 2.34. The summed E-state index contributed by atoms with van der Waals surface area (Å²) in [4.78, 5) is 15.9. The molecule has 0 radical (unpaired) electrons. The van der Waals surface area contributed by atoms with Crippen molar-refractivity contribution in [1.82, 2.24) is 10.8 Å². The molecule has 0 saturated carbocycles. The molecule has 33 heavy (non-hydrogen) atoms. The lowest BCUT2D eigenvalue weighted by Crippen LogP contribution is -2.17. The van der Waals surface area contributed by atoms with E-state index in [1.807, 2.05) is 24.3 Å². The number of alkyl halides is 3. The summed E-state index contributed by atoms with van der Waals surface area (Å²) in [5.41, 5.74) is 4.31. The maximum Gasteiger partial charge on any atom is 0.417 e. The van der Waals surface area contributed by atoms with Gasteiger partial charge in [0.15, 0.2) is 0 Å². The highest BCUT2D eigenvalue weighted by Crippen LogP contribution is 2.38. The molecular formula is C24H23F3N2O4. The lowest BCUT2D eigenvalue weighted by molar-refractivity contribution is -0.138. The average Bonchev–Trinajstić information content (AvgIpc) is 3.31. The van der Waals surface area contributed by atoms with E-state index in [1.165, 1.54) is 24.5 Å². The van der Waals surface area contributed by atoms with Crippen LogP contribution in [0.15, 0.2) is 71.9 Å². The zero-order valence-electron chi connectivity index (χ0n) is 17.6. The molecule has 9 heteroatoms. The number of carboxylic acid groups (broad SMARTS) is 1. The van der Waals surface area contributed by atoms with Gasteiger partial charge in [0, 0.05) is 18.7 Å². The minimum atomic E-state index is -4.54. The number of carboxylic acids is 1. The Balaban J connectivity index is 1.54. The summed E-state index contributed by atoms with van der Waals surface area (Å²) in [6, 6.07) is 14.3. The molecule has 3 aromatic rings. The molecule has 0 aliphatic heterocycles. The molecule has 1 aromatic heterocycles. The number of hydrogen-bond donors (Lipinski definition) is 3. The van der Waals surface area contributed by atoms with Crippen LogP contribution in [0.5, 0.6) is 0 Å². The number of rotatable bonds is 11. The molecule has 0 spiro atoms. The number of halogens is 3. The Morgan fingerprint density at radius 3 is 2.45 bits per heavy atom. The Kier molecular flexibility index (Phi) is 7.92. The molecule has 0 atom stereocenters. The lowest BCUT2D eigenvalue weighted by Gasteiger charge is -2.14. The van der Waals surface area contributed by atoms with Gasteiger partial charge in [0.2, 0.25) is 0 Å². The van der Waals surface area contributed by atoms with Crippen molar-refractivity contribution < 1.29 is 32.3 Å². The molecule has 2 aromatic carbocycles. The monoisotopic (exact) mass is 460 g/mol. The fraction of sp³-hybridized carbons (Fsp3) is 0.208. The van der Waals surface area contributed by atoms with Gasteiger partial charge in [-0.2, -0.15) is 13.2 Å². The Labute approximate surface area is 188 Å². The van der Waals surface area contributed by atoms with Gasteiger partial charge in [0.25, 0.3) is 0 Å². The number of hydroxylamine groups is 1.